The van der Waals surface area contributed by atoms with Gasteiger partial charge in [0, 0.05) is 12.1 Å². The molecule has 2 saturated heterocycles. The van der Waals surface area contributed by atoms with Gasteiger partial charge in [0.1, 0.15) is 6.10 Å². The largest absolute Gasteiger partial charge is 0.365 e. The third kappa shape index (κ3) is 5.88. The van der Waals surface area contributed by atoms with E-state index in [1.165, 1.54) is 36.8 Å². The van der Waals surface area contributed by atoms with Crippen LogP contribution in [0.15, 0.2) is 60.7 Å². The van der Waals surface area contributed by atoms with Crippen LogP contribution >= 0.6 is 0 Å². The number of benzene rings is 2. The fourth-order valence-corrected chi connectivity index (χ4v) is 4.27. The summed E-state index contributed by atoms with van der Waals surface area (Å²) in [6.07, 6.45) is 6.14. The van der Waals surface area contributed by atoms with Crippen LogP contribution in [-0.4, -0.2) is 49.4 Å². The molecule has 0 radical (unpaired) electrons. The Labute approximate surface area is 168 Å². The molecule has 2 heterocycles. The molecule has 2 aromatic rings. The Morgan fingerprint density at radius 1 is 0.929 bits per heavy atom. The quantitative estimate of drug-likeness (QED) is 0.784. The maximum absolute atomic E-state index is 9.19. The number of rotatable bonds is 4. The fourth-order valence-electron chi connectivity index (χ4n) is 4.27. The first-order valence-corrected chi connectivity index (χ1v) is 11.6. The van der Waals surface area contributed by atoms with Gasteiger partial charge in [0.25, 0.3) is 10.1 Å². The molecule has 28 heavy (non-hydrogen) atoms. The first kappa shape index (κ1) is 21.0. The Morgan fingerprint density at radius 2 is 1.32 bits per heavy atom. The molecular weight excluding hydrogens is 374 g/mol. The molecule has 3 atom stereocenters. The maximum Gasteiger partial charge on any atom is 0.261 e. The molecule has 0 spiro atoms. The lowest BCUT2D eigenvalue weighted by Crippen LogP contribution is -2.43. The lowest BCUT2D eigenvalue weighted by molar-refractivity contribution is -0.0426. The van der Waals surface area contributed by atoms with Gasteiger partial charge in [-0.2, -0.15) is 8.42 Å². The van der Waals surface area contributed by atoms with Crippen molar-refractivity contribution in [1.82, 2.24) is 4.90 Å². The summed E-state index contributed by atoms with van der Waals surface area (Å²) in [5.41, 5.74) is 2.51. The highest BCUT2D eigenvalue weighted by Gasteiger charge is 2.39. The molecular formula is C22H29NO4S. The summed E-state index contributed by atoms with van der Waals surface area (Å²) in [5.74, 6) is 0. The van der Waals surface area contributed by atoms with Crippen molar-refractivity contribution in [2.45, 2.75) is 50.0 Å². The Bertz CT molecular complexity index is 780. The van der Waals surface area contributed by atoms with Crippen molar-refractivity contribution in [3.05, 3.63) is 71.8 Å². The molecule has 5 nitrogen and oxygen atoms in total. The molecule has 4 rings (SSSR count). The average molecular weight is 404 g/mol. The molecule has 2 aliphatic rings. The number of nitrogens with zero attached hydrogens (tertiary/aromatic N) is 1. The third-order valence-corrected chi connectivity index (χ3v) is 5.59. The van der Waals surface area contributed by atoms with Crippen LogP contribution in [0, 0.1) is 0 Å². The average Bonchev–Trinajstić information content (AvgIpc) is 2.87. The van der Waals surface area contributed by atoms with Crippen LogP contribution in [0.25, 0.3) is 0 Å². The second kappa shape index (κ2) is 9.18. The molecule has 2 fully saturated rings. The summed E-state index contributed by atoms with van der Waals surface area (Å²) in [4.78, 5) is 2.57. The van der Waals surface area contributed by atoms with Crippen molar-refractivity contribution in [3.8, 4) is 0 Å². The second-order valence-corrected chi connectivity index (χ2v) is 9.18. The van der Waals surface area contributed by atoms with Crippen LogP contribution in [-0.2, 0) is 14.9 Å². The van der Waals surface area contributed by atoms with Gasteiger partial charge < -0.3 is 9.64 Å². The summed E-state index contributed by atoms with van der Waals surface area (Å²) >= 11 is 0. The first-order valence-electron chi connectivity index (χ1n) is 9.71. The van der Waals surface area contributed by atoms with Crippen molar-refractivity contribution in [2.24, 2.45) is 0 Å². The second-order valence-electron chi connectivity index (χ2n) is 7.71. The Hall–Kier alpha value is -1.73. The van der Waals surface area contributed by atoms with Crippen LogP contribution in [0.5, 0.6) is 0 Å². The van der Waals surface area contributed by atoms with E-state index in [2.05, 4.69) is 72.6 Å². The minimum Gasteiger partial charge on any atom is -0.365 e. The number of hydrogen-bond acceptors (Lipinski definition) is 4. The third-order valence-electron chi connectivity index (χ3n) is 5.59. The smallest absolute Gasteiger partial charge is 0.261 e. The van der Waals surface area contributed by atoms with Gasteiger partial charge in [-0.1, -0.05) is 60.7 Å². The lowest BCUT2D eigenvalue weighted by Gasteiger charge is -2.38. The van der Waals surface area contributed by atoms with Gasteiger partial charge in [-0.3, -0.25) is 4.55 Å². The van der Waals surface area contributed by atoms with E-state index in [0.29, 0.717) is 24.4 Å². The SMILES string of the molecule is CN1[C@@H]2CC[C@H]1CC(OC(c1ccccc1)c1ccccc1)C2.CS(=O)(=O)O. The first-order chi connectivity index (χ1) is 13.3. The minimum absolute atomic E-state index is 0.0465. The van der Waals surface area contributed by atoms with Crippen LogP contribution in [0.4, 0.5) is 0 Å². The molecule has 1 N–H and O–H groups in total. The van der Waals surface area contributed by atoms with E-state index in [9.17, 15) is 8.42 Å². The maximum atomic E-state index is 9.19. The molecule has 0 aliphatic carbocycles. The molecule has 0 amide bonds. The van der Waals surface area contributed by atoms with Gasteiger partial charge in [-0.25, -0.2) is 0 Å². The Balaban J connectivity index is 0.000000403. The summed E-state index contributed by atoms with van der Waals surface area (Å²) in [6.45, 7) is 0. The van der Waals surface area contributed by atoms with Crippen LogP contribution in [0.1, 0.15) is 42.9 Å². The van der Waals surface area contributed by atoms with Crippen molar-refractivity contribution in [2.75, 3.05) is 13.3 Å². The molecule has 6 heteroatoms. The predicted molar refractivity (Wildman–Crippen MR) is 111 cm³/mol. The molecule has 0 saturated carbocycles. The highest BCUT2D eigenvalue weighted by molar-refractivity contribution is 7.85. The number of piperidine rings is 1. The topological polar surface area (TPSA) is 66.8 Å². The van der Waals surface area contributed by atoms with Crippen LogP contribution in [0.2, 0.25) is 0 Å². The van der Waals surface area contributed by atoms with E-state index in [-0.39, 0.29) is 6.10 Å². The number of ether oxygens (including phenoxy) is 1. The van der Waals surface area contributed by atoms with Crippen molar-refractivity contribution in [1.29, 1.82) is 0 Å². The van der Waals surface area contributed by atoms with Gasteiger partial charge in [0.2, 0.25) is 0 Å². The van der Waals surface area contributed by atoms with E-state index in [1.54, 1.807) is 0 Å². The summed E-state index contributed by atoms with van der Waals surface area (Å²) in [6, 6.07) is 22.7. The van der Waals surface area contributed by atoms with Crippen LogP contribution in [0.3, 0.4) is 0 Å². The summed E-state index contributed by atoms with van der Waals surface area (Å²) in [5, 5.41) is 0. The van der Waals surface area contributed by atoms with Gasteiger partial charge in [-0.05, 0) is 43.9 Å². The molecule has 1 unspecified atom stereocenters. The zero-order valence-corrected chi connectivity index (χ0v) is 17.3. The Morgan fingerprint density at radius 3 is 1.71 bits per heavy atom. The zero-order valence-electron chi connectivity index (χ0n) is 16.4. The molecule has 0 aromatic heterocycles. The lowest BCUT2D eigenvalue weighted by atomic mass is 9.97. The fraction of sp³-hybridized carbons (Fsp3) is 0.455. The van der Waals surface area contributed by atoms with Gasteiger partial charge in [0.15, 0.2) is 0 Å². The van der Waals surface area contributed by atoms with E-state index in [4.69, 9.17) is 9.29 Å². The predicted octanol–water partition coefficient (Wildman–Crippen LogP) is 3.92. The molecule has 2 bridgehead atoms. The number of hydrogen-bond donors (Lipinski definition) is 1. The number of fused-ring (bicyclic) bond motifs is 2. The minimum atomic E-state index is -3.67. The summed E-state index contributed by atoms with van der Waals surface area (Å²) in [7, 11) is -1.38. The van der Waals surface area contributed by atoms with Gasteiger partial charge in [-0.15, -0.1) is 0 Å². The van der Waals surface area contributed by atoms with Crippen molar-refractivity contribution in [3.63, 3.8) is 0 Å². The van der Waals surface area contributed by atoms with E-state index in [1.807, 2.05) is 0 Å². The molecule has 2 aromatic carbocycles. The molecule has 152 valence electrons. The highest BCUT2D eigenvalue weighted by atomic mass is 32.2. The Kier molecular flexibility index (Phi) is 6.88. The van der Waals surface area contributed by atoms with Crippen LogP contribution < -0.4 is 0 Å². The van der Waals surface area contributed by atoms with Gasteiger partial charge >= 0.3 is 0 Å². The highest BCUT2D eigenvalue weighted by Crippen LogP contribution is 2.38. The standard InChI is InChI=1S/C21H25NO.CH4O3S/c1-22-18-12-13-19(22)15-20(14-18)23-21(16-8-4-2-5-9-16)17-10-6-3-7-11-17;1-5(2,3)4/h2-11,18-21H,12-15H2,1H3;1H3,(H,2,3,4)/t18-,19+,20?;. The molecule has 2 aliphatic heterocycles. The normalized spacial score (nSPS) is 24.6. The van der Waals surface area contributed by atoms with E-state index < -0.39 is 10.1 Å². The van der Waals surface area contributed by atoms with Gasteiger partial charge in [0.05, 0.1) is 12.4 Å². The van der Waals surface area contributed by atoms with Crippen molar-refractivity contribution < 1.29 is 17.7 Å². The monoisotopic (exact) mass is 403 g/mol. The zero-order chi connectivity index (χ0) is 20.1. The van der Waals surface area contributed by atoms with E-state index in [0.717, 1.165) is 0 Å². The van der Waals surface area contributed by atoms with E-state index >= 15 is 0 Å². The van der Waals surface area contributed by atoms with Crippen molar-refractivity contribution >= 4 is 10.1 Å². The summed E-state index contributed by atoms with van der Waals surface area (Å²) < 4.78 is 32.5.